The minimum absolute atomic E-state index is 0.149. The van der Waals surface area contributed by atoms with Gasteiger partial charge in [-0.2, -0.15) is 5.10 Å². The second-order valence-electron chi connectivity index (χ2n) is 8.69. The Morgan fingerprint density at radius 3 is 2.72 bits per heavy atom. The summed E-state index contributed by atoms with van der Waals surface area (Å²) in [6, 6.07) is 14.5. The second-order valence-corrected chi connectivity index (χ2v) is 8.69. The highest BCUT2D eigenvalue weighted by atomic mass is 16.3. The van der Waals surface area contributed by atoms with Crippen LogP contribution in [0.4, 0.5) is 0 Å². The van der Waals surface area contributed by atoms with Crippen molar-refractivity contribution in [1.29, 1.82) is 0 Å². The van der Waals surface area contributed by atoms with Gasteiger partial charge in [0.15, 0.2) is 0 Å². The number of hydrogen-bond acceptors (Lipinski definition) is 5. The molecule has 2 fully saturated rings. The molecule has 2 aromatic heterocycles. The van der Waals surface area contributed by atoms with E-state index in [0.717, 1.165) is 36.0 Å². The number of nitrogens with zero attached hydrogens (tertiary/aromatic N) is 4. The van der Waals surface area contributed by atoms with Crippen molar-refractivity contribution < 1.29 is 5.11 Å². The lowest BCUT2D eigenvalue weighted by molar-refractivity contribution is -0.0677. The molecule has 29 heavy (non-hydrogen) atoms. The fraction of sp³-hybridized carbons (Fsp3) is 0.435. The van der Waals surface area contributed by atoms with Gasteiger partial charge in [0.2, 0.25) is 0 Å². The molecule has 2 aliphatic rings. The van der Waals surface area contributed by atoms with E-state index in [4.69, 9.17) is 0 Å². The van der Waals surface area contributed by atoms with Crippen LogP contribution in [0.2, 0.25) is 0 Å². The summed E-state index contributed by atoms with van der Waals surface area (Å²) in [5.74, 6) is 0. The third-order valence-electron chi connectivity index (χ3n) is 6.48. The maximum Gasteiger partial charge on any atom is 0.266 e. The zero-order chi connectivity index (χ0) is 20.0. The molecule has 1 N–H and O–H groups in total. The summed E-state index contributed by atoms with van der Waals surface area (Å²) in [4.78, 5) is 19.1. The monoisotopic (exact) mass is 390 g/mol. The van der Waals surface area contributed by atoms with Crippen molar-refractivity contribution in [2.24, 2.45) is 0 Å². The van der Waals surface area contributed by atoms with Gasteiger partial charge in [-0.1, -0.05) is 12.1 Å². The number of fused-ring (bicyclic) bond motifs is 3. The molecule has 0 amide bonds. The van der Waals surface area contributed by atoms with Gasteiger partial charge in [0.25, 0.3) is 5.56 Å². The third-order valence-corrected chi connectivity index (χ3v) is 6.48. The molecule has 4 heterocycles. The molecule has 150 valence electrons. The number of hydrogen-bond donors (Lipinski definition) is 1. The lowest BCUT2D eigenvalue weighted by atomic mass is 9.85. The van der Waals surface area contributed by atoms with Crippen molar-refractivity contribution >= 4 is 10.9 Å². The molecule has 5 rings (SSSR count). The highest BCUT2D eigenvalue weighted by Crippen LogP contribution is 2.42. The van der Waals surface area contributed by atoms with E-state index in [2.05, 4.69) is 39.2 Å². The first kappa shape index (κ1) is 18.5. The smallest absolute Gasteiger partial charge is 0.266 e. The molecule has 0 saturated carbocycles. The first-order valence-corrected chi connectivity index (χ1v) is 10.4. The summed E-state index contributed by atoms with van der Waals surface area (Å²) in [5, 5.41) is 16.8. The molecule has 2 bridgehead atoms. The van der Waals surface area contributed by atoms with Gasteiger partial charge in [-0.05, 0) is 62.4 Å². The molecular weight excluding hydrogens is 364 g/mol. The highest BCUT2D eigenvalue weighted by Gasteiger charge is 2.47. The van der Waals surface area contributed by atoms with Crippen molar-refractivity contribution in [2.45, 2.75) is 63.4 Å². The van der Waals surface area contributed by atoms with Crippen LogP contribution in [0.1, 0.15) is 36.9 Å². The van der Waals surface area contributed by atoms with Crippen LogP contribution < -0.4 is 5.56 Å². The number of piperidine rings is 1. The van der Waals surface area contributed by atoms with Crippen molar-refractivity contribution in [3.63, 3.8) is 0 Å². The van der Waals surface area contributed by atoms with E-state index in [1.165, 1.54) is 16.3 Å². The SMILES string of the molecule is Cc1ccc(=O)n(CC2(O)CC3CCC(C2)N3Cc2ccc3ncccc3c2)n1. The minimum Gasteiger partial charge on any atom is -0.388 e. The van der Waals surface area contributed by atoms with Gasteiger partial charge in [0.05, 0.1) is 23.4 Å². The number of aliphatic hydroxyl groups is 1. The quantitative estimate of drug-likeness (QED) is 0.742. The molecule has 6 nitrogen and oxygen atoms in total. The Morgan fingerprint density at radius 1 is 1.14 bits per heavy atom. The second kappa shape index (κ2) is 7.04. The van der Waals surface area contributed by atoms with E-state index < -0.39 is 5.60 Å². The summed E-state index contributed by atoms with van der Waals surface area (Å²) in [6.45, 7) is 3.03. The molecule has 0 spiro atoms. The number of pyridine rings is 1. The maximum absolute atomic E-state index is 12.2. The van der Waals surface area contributed by atoms with E-state index >= 15 is 0 Å². The number of benzene rings is 1. The Morgan fingerprint density at radius 2 is 1.93 bits per heavy atom. The number of aromatic nitrogens is 3. The minimum atomic E-state index is -0.875. The van der Waals surface area contributed by atoms with Crippen molar-refractivity contribution in [2.75, 3.05) is 0 Å². The molecule has 2 saturated heterocycles. The Bertz CT molecular complexity index is 1100. The summed E-state index contributed by atoms with van der Waals surface area (Å²) < 4.78 is 1.43. The van der Waals surface area contributed by atoms with Crippen LogP contribution in [0.5, 0.6) is 0 Å². The molecule has 1 aromatic carbocycles. The van der Waals surface area contributed by atoms with Crippen LogP contribution in [0.3, 0.4) is 0 Å². The zero-order valence-electron chi connectivity index (χ0n) is 16.7. The largest absolute Gasteiger partial charge is 0.388 e. The molecule has 0 aliphatic carbocycles. The first-order chi connectivity index (χ1) is 14.0. The lowest BCUT2D eigenvalue weighted by Gasteiger charge is -2.43. The summed E-state index contributed by atoms with van der Waals surface area (Å²) in [6.07, 6.45) is 5.38. The number of rotatable bonds is 4. The van der Waals surface area contributed by atoms with E-state index in [1.807, 2.05) is 19.2 Å². The Hall–Kier alpha value is -2.57. The Kier molecular flexibility index (Phi) is 4.48. The average molecular weight is 390 g/mol. The van der Waals surface area contributed by atoms with Crippen LogP contribution >= 0.6 is 0 Å². The Balaban J connectivity index is 1.34. The van der Waals surface area contributed by atoms with Gasteiger partial charge in [-0.15, -0.1) is 0 Å². The topological polar surface area (TPSA) is 71.2 Å². The standard InChI is InChI=1S/C23H26N4O2/c1-16-4-9-22(28)27(25-16)15-23(29)12-19-6-7-20(13-23)26(19)14-17-5-8-21-18(11-17)3-2-10-24-21/h2-5,8-11,19-20,29H,6-7,12-15H2,1H3. The molecule has 2 unspecified atom stereocenters. The molecule has 2 atom stereocenters. The molecule has 0 radical (unpaired) electrons. The Labute approximate surface area is 169 Å². The fourth-order valence-electron chi connectivity index (χ4n) is 5.18. The van der Waals surface area contributed by atoms with Gasteiger partial charge in [-0.3, -0.25) is 14.7 Å². The van der Waals surface area contributed by atoms with E-state index in [0.29, 0.717) is 24.9 Å². The summed E-state index contributed by atoms with van der Waals surface area (Å²) in [5.41, 5.74) is 2.07. The fourth-order valence-corrected chi connectivity index (χ4v) is 5.18. The summed E-state index contributed by atoms with van der Waals surface area (Å²) in [7, 11) is 0. The van der Waals surface area contributed by atoms with Gasteiger partial charge >= 0.3 is 0 Å². The number of aryl methyl sites for hydroxylation is 1. The molecular formula is C23H26N4O2. The molecule has 6 heteroatoms. The zero-order valence-corrected chi connectivity index (χ0v) is 16.7. The van der Waals surface area contributed by atoms with E-state index in [1.54, 1.807) is 6.07 Å². The van der Waals surface area contributed by atoms with Gasteiger partial charge in [-0.25, -0.2) is 4.68 Å². The van der Waals surface area contributed by atoms with Crippen LogP contribution in [0, 0.1) is 6.92 Å². The highest BCUT2D eigenvalue weighted by molar-refractivity contribution is 5.78. The van der Waals surface area contributed by atoms with Crippen molar-refractivity contribution in [3.05, 3.63) is 70.3 Å². The van der Waals surface area contributed by atoms with Crippen LogP contribution in [-0.2, 0) is 13.1 Å². The summed E-state index contributed by atoms with van der Waals surface area (Å²) >= 11 is 0. The third kappa shape index (κ3) is 3.58. The van der Waals surface area contributed by atoms with E-state index in [-0.39, 0.29) is 12.1 Å². The van der Waals surface area contributed by atoms with Crippen molar-refractivity contribution in [1.82, 2.24) is 19.7 Å². The van der Waals surface area contributed by atoms with Gasteiger partial charge in [0, 0.05) is 36.3 Å². The molecule has 3 aromatic rings. The first-order valence-electron chi connectivity index (χ1n) is 10.4. The predicted octanol–water partition coefficient (Wildman–Crippen LogP) is 2.66. The van der Waals surface area contributed by atoms with Crippen LogP contribution in [0.15, 0.2) is 53.5 Å². The predicted molar refractivity (Wildman–Crippen MR) is 112 cm³/mol. The van der Waals surface area contributed by atoms with E-state index in [9.17, 15) is 9.90 Å². The van der Waals surface area contributed by atoms with Gasteiger partial charge < -0.3 is 5.11 Å². The van der Waals surface area contributed by atoms with Gasteiger partial charge in [0.1, 0.15) is 0 Å². The molecule has 2 aliphatic heterocycles. The lowest BCUT2D eigenvalue weighted by Crippen LogP contribution is -2.53. The van der Waals surface area contributed by atoms with Crippen LogP contribution in [0.25, 0.3) is 10.9 Å². The average Bonchev–Trinajstić information content (AvgIpc) is 2.94. The maximum atomic E-state index is 12.2. The van der Waals surface area contributed by atoms with Crippen molar-refractivity contribution in [3.8, 4) is 0 Å². The van der Waals surface area contributed by atoms with Crippen LogP contribution in [-0.4, -0.2) is 42.5 Å². The normalized spacial score (nSPS) is 26.8.